The van der Waals surface area contributed by atoms with Gasteiger partial charge in [0.25, 0.3) is 0 Å². The van der Waals surface area contributed by atoms with Crippen molar-refractivity contribution >= 4 is 11.8 Å². The molecule has 1 fully saturated rings. The average Bonchev–Trinajstić information content (AvgIpc) is 2.39. The molecule has 0 atom stereocenters. The van der Waals surface area contributed by atoms with Crippen molar-refractivity contribution in [3.63, 3.8) is 0 Å². The van der Waals surface area contributed by atoms with E-state index >= 15 is 0 Å². The van der Waals surface area contributed by atoms with E-state index in [9.17, 15) is 4.79 Å². The first-order chi connectivity index (χ1) is 7.81. The second-order valence-electron chi connectivity index (χ2n) is 3.61. The molecule has 0 radical (unpaired) electrons. The molecule has 0 unspecified atom stereocenters. The third-order valence-corrected chi connectivity index (χ3v) is 2.57. The lowest BCUT2D eigenvalue weighted by Gasteiger charge is -2.28. The molecule has 5 heteroatoms. The van der Waals surface area contributed by atoms with Gasteiger partial charge in [0.15, 0.2) is 5.69 Å². The van der Waals surface area contributed by atoms with E-state index in [4.69, 9.17) is 0 Å². The van der Waals surface area contributed by atoms with Gasteiger partial charge in [0.1, 0.15) is 5.82 Å². The summed E-state index contributed by atoms with van der Waals surface area (Å²) in [6.07, 6.45) is 0. The van der Waals surface area contributed by atoms with Crippen molar-refractivity contribution in [2.45, 2.75) is 0 Å². The lowest BCUT2D eigenvalue weighted by Crippen LogP contribution is -2.44. The maximum absolute atomic E-state index is 11.3. The molecule has 0 spiro atoms. The fourth-order valence-electron chi connectivity index (χ4n) is 1.71. The van der Waals surface area contributed by atoms with E-state index < -0.39 is 5.97 Å². The molecule has 16 heavy (non-hydrogen) atoms. The van der Waals surface area contributed by atoms with Gasteiger partial charge in [0.2, 0.25) is 0 Å². The van der Waals surface area contributed by atoms with Crippen LogP contribution in [-0.4, -0.2) is 44.2 Å². The molecule has 1 saturated heterocycles. The van der Waals surface area contributed by atoms with E-state index in [1.807, 2.05) is 12.1 Å². The minimum Gasteiger partial charge on any atom is -0.464 e. The van der Waals surface area contributed by atoms with Crippen molar-refractivity contribution in [1.82, 2.24) is 10.3 Å². The summed E-state index contributed by atoms with van der Waals surface area (Å²) in [4.78, 5) is 17.8. The zero-order valence-electron chi connectivity index (χ0n) is 9.27. The number of rotatable bonds is 2. The summed E-state index contributed by atoms with van der Waals surface area (Å²) in [7, 11) is 1.36. The summed E-state index contributed by atoms with van der Waals surface area (Å²) < 4.78 is 4.65. The van der Waals surface area contributed by atoms with Crippen molar-refractivity contribution in [1.29, 1.82) is 0 Å². The van der Waals surface area contributed by atoms with Crippen LogP contribution in [0.25, 0.3) is 0 Å². The van der Waals surface area contributed by atoms with Crippen LogP contribution in [0.3, 0.4) is 0 Å². The zero-order chi connectivity index (χ0) is 11.4. The number of nitrogens with zero attached hydrogens (tertiary/aromatic N) is 2. The van der Waals surface area contributed by atoms with Crippen LogP contribution in [-0.2, 0) is 4.74 Å². The van der Waals surface area contributed by atoms with E-state index in [1.165, 1.54) is 7.11 Å². The maximum Gasteiger partial charge on any atom is 0.356 e. The summed E-state index contributed by atoms with van der Waals surface area (Å²) in [5.74, 6) is 0.446. The summed E-state index contributed by atoms with van der Waals surface area (Å²) in [5.41, 5.74) is 0.360. The predicted octanol–water partition coefficient (Wildman–Crippen LogP) is 0.278. The summed E-state index contributed by atoms with van der Waals surface area (Å²) >= 11 is 0. The second kappa shape index (κ2) is 4.94. The van der Waals surface area contributed by atoms with E-state index in [2.05, 4.69) is 19.9 Å². The smallest absolute Gasteiger partial charge is 0.356 e. The van der Waals surface area contributed by atoms with Gasteiger partial charge in [-0.15, -0.1) is 0 Å². The molecule has 5 nitrogen and oxygen atoms in total. The van der Waals surface area contributed by atoms with E-state index in [0.29, 0.717) is 5.69 Å². The Hall–Kier alpha value is -1.62. The molecule has 86 valence electrons. The molecular formula is C11H15N3O2. The largest absolute Gasteiger partial charge is 0.464 e. The van der Waals surface area contributed by atoms with E-state index in [0.717, 1.165) is 32.0 Å². The van der Waals surface area contributed by atoms with Crippen LogP contribution in [0.2, 0.25) is 0 Å². The topological polar surface area (TPSA) is 54.5 Å². The summed E-state index contributed by atoms with van der Waals surface area (Å²) in [5, 5.41) is 3.27. The first kappa shape index (κ1) is 10.9. The fourth-order valence-corrected chi connectivity index (χ4v) is 1.71. The molecule has 0 aromatic carbocycles. The molecule has 1 N–H and O–H groups in total. The maximum atomic E-state index is 11.3. The van der Waals surface area contributed by atoms with Crippen LogP contribution in [0, 0.1) is 0 Å². The number of ether oxygens (including phenoxy) is 1. The van der Waals surface area contributed by atoms with Gasteiger partial charge < -0.3 is 15.0 Å². The number of anilines is 1. The molecule has 1 aliphatic rings. The predicted molar refractivity (Wildman–Crippen MR) is 60.7 cm³/mol. The Bertz CT molecular complexity index is 375. The number of carbonyl (C=O) groups excluding carboxylic acids is 1. The van der Waals surface area contributed by atoms with Crippen LogP contribution in [0.4, 0.5) is 5.82 Å². The third kappa shape index (κ3) is 2.30. The first-order valence-corrected chi connectivity index (χ1v) is 5.32. The number of carbonyl (C=O) groups is 1. The van der Waals surface area contributed by atoms with Crippen molar-refractivity contribution in [2.75, 3.05) is 38.2 Å². The Balaban J connectivity index is 2.17. The minimum atomic E-state index is -0.392. The summed E-state index contributed by atoms with van der Waals surface area (Å²) in [6, 6.07) is 5.41. The van der Waals surface area contributed by atoms with Crippen molar-refractivity contribution in [2.24, 2.45) is 0 Å². The molecule has 0 bridgehead atoms. The molecule has 0 amide bonds. The molecule has 1 aliphatic heterocycles. The number of hydrogen-bond acceptors (Lipinski definition) is 5. The molecule has 1 aromatic heterocycles. The van der Waals surface area contributed by atoms with E-state index in [-0.39, 0.29) is 0 Å². The minimum absolute atomic E-state index is 0.360. The lowest BCUT2D eigenvalue weighted by molar-refractivity contribution is 0.0594. The van der Waals surface area contributed by atoms with Crippen molar-refractivity contribution < 1.29 is 9.53 Å². The van der Waals surface area contributed by atoms with Crippen LogP contribution >= 0.6 is 0 Å². The number of methoxy groups -OCH3 is 1. The van der Waals surface area contributed by atoms with Gasteiger partial charge in [0, 0.05) is 26.2 Å². The van der Waals surface area contributed by atoms with Gasteiger partial charge in [-0.25, -0.2) is 9.78 Å². The van der Waals surface area contributed by atoms with Crippen LogP contribution in [0.1, 0.15) is 10.5 Å². The lowest BCUT2D eigenvalue weighted by atomic mass is 10.3. The van der Waals surface area contributed by atoms with Gasteiger partial charge >= 0.3 is 5.97 Å². The Kier molecular flexibility index (Phi) is 3.36. The Morgan fingerprint density at radius 2 is 2.19 bits per heavy atom. The highest BCUT2D eigenvalue weighted by Gasteiger charge is 2.14. The number of piperazine rings is 1. The first-order valence-electron chi connectivity index (χ1n) is 5.32. The quantitative estimate of drug-likeness (QED) is 0.727. The SMILES string of the molecule is COC(=O)c1cccc(N2CCNCC2)n1. The normalized spacial score (nSPS) is 15.9. The molecule has 2 heterocycles. The van der Waals surface area contributed by atoms with Crippen LogP contribution in [0.15, 0.2) is 18.2 Å². The highest BCUT2D eigenvalue weighted by atomic mass is 16.5. The number of nitrogens with one attached hydrogen (secondary N) is 1. The molecule has 1 aromatic rings. The van der Waals surface area contributed by atoms with Gasteiger partial charge in [-0.3, -0.25) is 0 Å². The Morgan fingerprint density at radius 3 is 2.88 bits per heavy atom. The van der Waals surface area contributed by atoms with Crippen molar-refractivity contribution in [3.05, 3.63) is 23.9 Å². The van der Waals surface area contributed by atoms with E-state index in [1.54, 1.807) is 6.07 Å². The standard InChI is InChI=1S/C11H15N3O2/c1-16-11(15)9-3-2-4-10(13-9)14-7-5-12-6-8-14/h2-4,12H,5-8H2,1H3. The highest BCUT2D eigenvalue weighted by molar-refractivity contribution is 5.87. The number of esters is 1. The van der Waals surface area contributed by atoms with Crippen molar-refractivity contribution in [3.8, 4) is 0 Å². The number of hydrogen-bond donors (Lipinski definition) is 1. The fraction of sp³-hybridized carbons (Fsp3) is 0.455. The summed E-state index contributed by atoms with van der Waals surface area (Å²) in [6.45, 7) is 3.73. The molecule has 0 saturated carbocycles. The Labute approximate surface area is 94.4 Å². The average molecular weight is 221 g/mol. The molecular weight excluding hydrogens is 206 g/mol. The van der Waals surface area contributed by atoms with Gasteiger partial charge in [-0.2, -0.15) is 0 Å². The van der Waals surface area contributed by atoms with Crippen LogP contribution in [0.5, 0.6) is 0 Å². The Morgan fingerprint density at radius 1 is 1.44 bits per heavy atom. The highest BCUT2D eigenvalue weighted by Crippen LogP contribution is 2.12. The van der Waals surface area contributed by atoms with Gasteiger partial charge in [0.05, 0.1) is 7.11 Å². The number of pyridine rings is 1. The third-order valence-electron chi connectivity index (χ3n) is 2.57. The second-order valence-corrected chi connectivity index (χ2v) is 3.61. The monoisotopic (exact) mass is 221 g/mol. The molecule has 2 rings (SSSR count). The van der Waals surface area contributed by atoms with Gasteiger partial charge in [-0.05, 0) is 12.1 Å². The van der Waals surface area contributed by atoms with Crippen LogP contribution < -0.4 is 10.2 Å². The number of aromatic nitrogens is 1. The van der Waals surface area contributed by atoms with Gasteiger partial charge in [-0.1, -0.05) is 6.07 Å². The zero-order valence-corrected chi connectivity index (χ0v) is 9.27. The molecule has 0 aliphatic carbocycles.